The van der Waals surface area contributed by atoms with E-state index < -0.39 is 5.41 Å². The maximum Gasteiger partial charge on any atom is 0.0726 e. The van der Waals surface area contributed by atoms with Crippen molar-refractivity contribution < 1.29 is 0 Å². The molecular formula is C69H45N. The van der Waals surface area contributed by atoms with E-state index in [-0.39, 0.29) is 0 Å². The van der Waals surface area contributed by atoms with Gasteiger partial charge in [-0.05, 0) is 136 Å². The number of anilines is 3. The first-order valence-corrected chi connectivity index (χ1v) is 24.3. The zero-order valence-corrected chi connectivity index (χ0v) is 38.4. The van der Waals surface area contributed by atoms with Gasteiger partial charge in [0.1, 0.15) is 0 Å². The van der Waals surface area contributed by atoms with E-state index in [4.69, 9.17) is 0 Å². The van der Waals surface area contributed by atoms with E-state index in [2.05, 4.69) is 278 Å². The highest BCUT2D eigenvalue weighted by atomic mass is 15.1. The monoisotopic (exact) mass is 887 g/mol. The molecule has 0 atom stereocenters. The van der Waals surface area contributed by atoms with Crippen molar-refractivity contribution >= 4 is 38.6 Å². The first kappa shape index (κ1) is 40.1. The predicted molar refractivity (Wildman–Crippen MR) is 294 cm³/mol. The molecule has 1 spiro atoms. The minimum absolute atomic E-state index is 0.493. The lowest BCUT2D eigenvalue weighted by Crippen LogP contribution is -2.26. The molecule has 0 saturated carbocycles. The average molecular weight is 888 g/mol. The third kappa shape index (κ3) is 6.05. The Kier molecular flexibility index (Phi) is 9.19. The van der Waals surface area contributed by atoms with Gasteiger partial charge in [0, 0.05) is 22.3 Å². The number of nitrogens with zero attached hydrogens (tertiary/aromatic N) is 1. The summed E-state index contributed by atoms with van der Waals surface area (Å²) in [5, 5.41) is 4.86. The second kappa shape index (κ2) is 16.0. The summed E-state index contributed by atoms with van der Waals surface area (Å²) in [6, 6.07) is 101. The highest BCUT2D eigenvalue weighted by molar-refractivity contribution is 6.22. The molecule has 2 aliphatic carbocycles. The smallest absolute Gasteiger partial charge is 0.0726 e. The molecule has 1 heteroatoms. The van der Waals surface area contributed by atoms with Crippen LogP contribution in [0, 0.1) is 0 Å². The zero-order chi connectivity index (χ0) is 46.2. The summed E-state index contributed by atoms with van der Waals surface area (Å²) in [5.74, 6) is 0. The van der Waals surface area contributed by atoms with Gasteiger partial charge in [0.15, 0.2) is 0 Å². The third-order valence-electron chi connectivity index (χ3n) is 15.1. The molecule has 0 aliphatic heterocycles. The van der Waals surface area contributed by atoms with E-state index >= 15 is 0 Å². The molecule has 0 saturated heterocycles. The highest BCUT2D eigenvalue weighted by Gasteiger charge is 2.51. The molecule has 2 aliphatic rings. The first-order chi connectivity index (χ1) is 34.7. The summed E-state index contributed by atoms with van der Waals surface area (Å²) in [6.07, 6.45) is 0. The Bertz CT molecular complexity index is 3930. The van der Waals surface area contributed by atoms with Crippen molar-refractivity contribution in [3.05, 3.63) is 295 Å². The van der Waals surface area contributed by atoms with Gasteiger partial charge in [-0.15, -0.1) is 0 Å². The van der Waals surface area contributed by atoms with Gasteiger partial charge < -0.3 is 4.90 Å². The Balaban J connectivity index is 1.06. The van der Waals surface area contributed by atoms with Crippen molar-refractivity contribution in [3.63, 3.8) is 0 Å². The van der Waals surface area contributed by atoms with Crippen molar-refractivity contribution in [2.45, 2.75) is 5.41 Å². The SMILES string of the molecule is c1ccc(-c2cccc(-c3ccc(N(c4ccc5c(c4)C4(c6ccccc6-c6ccccc64)c4ccccc4-5)c4c(-c5cccc(-c6ccccc6)c5)c5ccccc5c5ccccc45)cc3)c2)cc1. The van der Waals surface area contributed by atoms with Crippen LogP contribution in [0.5, 0.6) is 0 Å². The number of rotatable bonds is 7. The maximum absolute atomic E-state index is 2.56. The molecular weight excluding hydrogens is 843 g/mol. The number of hydrogen-bond donors (Lipinski definition) is 0. The van der Waals surface area contributed by atoms with Crippen molar-refractivity contribution in [2.24, 2.45) is 0 Å². The van der Waals surface area contributed by atoms with Crippen LogP contribution in [0.2, 0.25) is 0 Å². The molecule has 0 heterocycles. The lowest BCUT2D eigenvalue weighted by atomic mass is 9.70. The Hall–Kier alpha value is -9.04. The molecule has 326 valence electrons. The van der Waals surface area contributed by atoms with Crippen molar-refractivity contribution in [1.82, 2.24) is 0 Å². The minimum Gasteiger partial charge on any atom is -0.309 e. The molecule has 12 aromatic carbocycles. The number of benzene rings is 12. The second-order valence-corrected chi connectivity index (χ2v) is 18.7. The van der Waals surface area contributed by atoms with Crippen molar-refractivity contribution in [2.75, 3.05) is 4.90 Å². The summed E-state index contributed by atoms with van der Waals surface area (Å²) in [4.78, 5) is 2.56. The molecule has 0 bridgehead atoms. The van der Waals surface area contributed by atoms with E-state index in [0.717, 1.165) is 17.1 Å². The van der Waals surface area contributed by atoms with Gasteiger partial charge in [-0.25, -0.2) is 0 Å². The molecule has 0 unspecified atom stereocenters. The van der Waals surface area contributed by atoms with Crippen LogP contribution in [0.1, 0.15) is 22.3 Å². The van der Waals surface area contributed by atoms with Crippen LogP contribution in [0.4, 0.5) is 17.1 Å². The van der Waals surface area contributed by atoms with Crippen molar-refractivity contribution in [3.8, 4) is 66.8 Å². The fourth-order valence-electron chi connectivity index (χ4n) is 12.1. The topological polar surface area (TPSA) is 3.24 Å². The van der Waals surface area contributed by atoms with E-state index in [1.807, 2.05) is 0 Å². The molecule has 0 fully saturated rings. The predicted octanol–water partition coefficient (Wildman–Crippen LogP) is 18.5. The molecule has 1 nitrogen and oxygen atoms in total. The number of fused-ring (bicyclic) bond motifs is 13. The Morgan fingerprint density at radius 3 is 1.17 bits per heavy atom. The van der Waals surface area contributed by atoms with Crippen LogP contribution in [0.25, 0.3) is 88.3 Å². The second-order valence-electron chi connectivity index (χ2n) is 18.7. The van der Waals surface area contributed by atoms with Gasteiger partial charge in [0.25, 0.3) is 0 Å². The minimum atomic E-state index is -0.493. The van der Waals surface area contributed by atoms with Crippen LogP contribution >= 0.6 is 0 Å². The molecule has 14 rings (SSSR count). The lowest BCUT2D eigenvalue weighted by Gasteiger charge is -2.33. The summed E-state index contributed by atoms with van der Waals surface area (Å²) < 4.78 is 0. The van der Waals surface area contributed by atoms with Crippen LogP contribution in [-0.2, 0) is 5.41 Å². The molecule has 12 aromatic rings. The van der Waals surface area contributed by atoms with Gasteiger partial charge in [0.2, 0.25) is 0 Å². The van der Waals surface area contributed by atoms with Crippen LogP contribution in [0.15, 0.2) is 273 Å². The first-order valence-electron chi connectivity index (χ1n) is 24.3. The third-order valence-corrected chi connectivity index (χ3v) is 15.1. The van der Waals surface area contributed by atoms with Crippen LogP contribution < -0.4 is 4.90 Å². The zero-order valence-electron chi connectivity index (χ0n) is 38.4. The van der Waals surface area contributed by atoms with Gasteiger partial charge >= 0.3 is 0 Å². The molecule has 0 radical (unpaired) electrons. The molecule has 0 aromatic heterocycles. The summed E-state index contributed by atoms with van der Waals surface area (Å²) in [7, 11) is 0. The summed E-state index contributed by atoms with van der Waals surface area (Å²) >= 11 is 0. The van der Waals surface area contributed by atoms with Crippen LogP contribution in [0.3, 0.4) is 0 Å². The molecule has 0 N–H and O–H groups in total. The molecule has 70 heavy (non-hydrogen) atoms. The maximum atomic E-state index is 2.56. The molecule has 0 amide bonds. The largest absolute Gasteiger partial charge is 0.309 e. The standard InChI is InChI=1S/C69H45N/c1-3-19-46(20-4-1)49-23-17-24-50(43-49)48-37-39-53(40-38-48)70(54-41-42-60-59-31-13-16-36-65(59)69(66(60)45-54)63-34-14-11-29-57(63)58-30-12-15-35-64(58)69)68-62-33-10-8-28-56(62)55-27-7-9-32-61(55)67(68)52-26-18-25-51(44-52)47-21-5-2-6-22-47/h1-45H. The normalized spacial score (nSPS) is 12.7. The van der Waals surface area contributed by atoms with E-state index in [1.165, 1.54) is 111 Å². The van der Waals surface area contributed by atoms with Gasteiger partial charge in [0.05, 0.1) is 11.1 Å². The Morgan fingerprint density at radius 1 is 0.229 bits per heavy atom. The van der Waals surface area contributed by atoms with Crippen LogP contribution in [-0.4, -0.2) is 0 Å². The van der Waals surface area contributed by atoms with E-state index in [9.17, 15) is 0 Å². The number of hydrogen-bond acceptors (Lipinski definition) is 1. The average Bonchev–Trinajstić information content (AvgIpc) is 3.91. The summed E-state index contributed by atoms with van der Waals surface area (Å²) in [6.45, 7) is 0. The van der Waals surface area contributed by atoms with E-state index in [0.29, 0.717) is 0 Å². The van der Waals surface area contributed by atoms with E-state index in [1.54, 1.807) is 0 Å². The lowest BCUT2D eigenvalue weighted by molar-refractivity contribution is 0.793. The Morgan fingerprint density at radius 2 is 0.614 bits per heavy atom. The van der Waals surface area contributed by atoms with Gasteiger partial charge in [-0.2, -0.15) is 0 Å². The van der Waals surface area contributed by atoms with Crippen molar-refractivity contribution in [1.29, 1.82) is 0 Å². The highest BCUT2D eigenvalue weighted by Crippen LogP contribution is 2.63. The summed E-state index contributed by atoms with van der Waals surface area (Å²) in [5.41, 5.74) is 22.8. The fourth-order valence-corrected chi connectivity index (χ4v) is 12.1. The van der Waals surface area contributed by atoms with Gasteiger partial charge in [-0.3, -0.25) is 0 Å². The Labute approximate surface area is 408 Å². The quantitative estimate of drug-likeness (QED) is 0.144. The van der Waals surface area contributed by atoms with Gasteiger partial charge in [-0.1, -0.05) is 237 Å². The fraction of sp³-hybridized carbons (Fsp3) is 0.0145.